The molecule has 96 valence electrons. The van der Waals surface area contributed by atoms with Crippen LogP contribution in [0.15, 0.2) is 35.7 Å². The molecule has 0 saturated carbocycles. The normalized spacial score (nSPS) is 12.2. The Morgan fingerprint density at radius 1 is 1.33 bits per heavy atom. The quantitative estimate of drug-likeness (QED) is 0.899. The molecule has 4 heteroatoms. The fourth-order valence-corrected chi connectivity index (χ4v) is 2.27. The second kappa shape index (κ2) is 5.89. The summed E-state index contributed by atoms with van der Waals surface area (Å²) in [6.07, 6.45) is -0.561. The van der Waals surface area contributed by atoms with Gasteiger partial charge in [-0.25, -0.2) is 0 Å². The van der Waals surface area contributed by atoms with Gasteiger partial charge in [-0.05, 0) is 30.5 Å². The van der Waals surface area contributed by atoms with Gasteiger partial charge in [0.1, 0.15) is 18.1 Å². The molecule has 3 nitrogen and oxygen atoms in total. The van der Waals surface area contributed by atoms with E-state index in [-0.39, 0.29) is 0 Å². The van der Waals surface area contributed by atoms with Crippen molar-refractivity contribution in [1.82, 2.24) is 0 Å². The molecule has 2 rings (SSSR count). The van der Waals surface area contributed by atoms with Gasteiger partial charge in [-0.1, -0.05) is 6.07 Å². The first-order valence-electron chi connectivity index (χ1n) is 5.72. The third kappa shape index (κ3) is 3.03. The van der Waals surface area contributed by atoms with E-state index in [0.717, 1.165) is 16.2 Å². The lowest BCUT2D eigenvalue weighted by molar-refractivity contribution is 0.190. The van der Waals surface area contributed by atoms with Crippen LogP contribution in [0.3, 0.4) is 0 Å². The summed E-state index contributed by atoms with van der Waals surface area (Å²) in [6.45, 7) is 2.23. The number of hydrogen-bond donors (Lipinski definition) is 1. The minimum atomic E-state index is -0.561. The van der Waals surface area contributed by atoms with E-state index in [4.69, 9.17) is 9.47 Å². The van der Waals surface area contributed by atoms with Gasteiger partial charge in [0.05, 0.1) is 13.2 Å². The summed E-state index contributed by atoms with van der Waals surface area (Å²) in [7, 11) is 1.61. The van der Waals surface area contributed by atoms with Gasteiger partial charge in [0.25, 0.3) is 0 Å². The van der Waals surface area contributed by atoms with Crippen molar-refractivity contribution < 1.29 is 14.6 Å². The SMILES string of the molecule is COc1ccc(C(C)O)c(OCc2cccs2)c1. The van der Waals surface area contributed by atoms with Crippen molar-refractivity contribution in [1.29, 1.82) is 0 Å². The zero-order chi connectivity index (χ0) is 13.0. The smallest absolute Gasteiger partial charge is 0.129 e. The topological polar surface area (TPSA) is 38.7 Å². The molecule has 2 aromatic rings. The largest absolute Gasteiger partial charge is 0.497 e. The molecule has 1 atom stereocenters. The number of aliphatic hydroxyl groups excluding tert-OH is 1. The van der Waals surface area contributed by atoms with Crippen molar-refractivity contribution in [2.24, 2.45) is 0 Å². The van der Waals surface area contributed by atoms with Gasteiger partial charge >= 0.3 is 0 Å². The van der Waals surface area contributed by atoms with Crippen LogP contribution >= 0.6 is 11.3 Å². The monoisotopic (exact) mass is 264 g/mol. The lowest BCUT2D eigenvalue weighted by Crippen LogP contribution is -2.00. The van der Waals surface area contributed by atoms with Crippen LogP contribution in [0, 0.1) is 0 Å². The van der Waals surface area contributed by atoms with Gasteiger partial charge in [0.2, 0.25) is 0 Å². The molecular formula is C14H16O3S. The third-order valence-corrected chi connectivity index (χ3v) is 3.47. The summed E-state index contributed by atoms with van der Waals surface area (Å²) in [5.74, 6) is 1.39. The Balaban J connectivity index is 2.18. The first-order chi connectivity index (χ1) is 8.70. The Morgan fingerprint density at radius 2 is 2.17 bits per heavy atom. The molecule has 1 aromatic heterocycles. The van der Waals surface area contributed by atoms with Gasteiger partial charge in [-0.15, -0.1) is 11.3 Å². The number of rotatable bonds is 5. The van der Waals surface area contributed by atoms with E-state index in [0.29, 0.717) is 12.4 Å². The fourth-order valence-electron chi connectivity index (χ4n) is 1.66. The van der Waals surface area contributed by atoms with E-state index in [9.17, 15) is 5.11 Å². The summed E-state index contributed by atoms with van der Waals surface area (Å²) < 4.78 is 10.9. The maximum Gasteiger partial charge on any atom is 0.129 e. The number of ether oxygens (including phenoxy) is 2. The van der Waals surface area contributed by atoms with Gasteiger partial charge in [0, 0.05) is 16.5 Å². The molecule has 1 N–H and O–H groups in total. The predicted molar refractivity (Wildman–Crippen MR) is 72.3 cm³/mol. The maximum absolute atomic E-state index is 9.71. The maximum atomic E-state index is 9.71. The molecule has 1 heterocycles. The summed E-state index contributed by atoms with van der Waals surface area (Å²) in [5.41, 5.74) is 0.771. The second-order valence-electron chi connectivity index (χ2n) is 3.95. The van der Waals surface area contributed by atoms with Crippen LogP contribution in [0.5, 0.6) is 11.5 Å². The molecule has 0 radical (unpaired) electrons. The molecule has 1 unspecified atom stereocenters. The third-order valence-electron chi connectivity index (χ3n) is 2.62. The molecule has 0 spiro atoms. The zero-order valence-electron chi connectivity index (χ0n) is 10.4. The van der Waals surface area contributed by atoms with Gasteiger partial charge in [0.15, 0.2) is 0 Å². The van der Waals surface area contributed by atoms with Crippen molar-refractivity contribution >= 4 is 11.3 Å². The zero-order valence-corrected chi connectivity index (χ0v) is 11.2. The van der Waals surface area contributed by atoms with Crippen LogP contribution in [-0.4, -0.2) is 12.2 Å². The van der Waals surface area contributed by atoms with Gasteiger partial charge in [-0.2, -0.15) is 0 Å². The molecule has 0 aliphatic carbocycles. The average Bonchev–Trinajstić information content (AvgIpc) is 2.88. The lowest BCUT2D eigenvalue weighted by Gasteiger charge is -2.14. The van der Waals surface area contributed by atoms with Crippen LogP contribution in [0.2, 0.25) is 0 Å². The minimum Gasteiger partial charge on any atom is -0.497 e. The Hall–Kier alpha value is -1.52. The number of benzene rings is 1. The Kier molecular flexibility index (Phi) is 4.23. The van der Waals surface area contributed by atoms with Crippen LogP contribution in [0.4, 0.5) is 0 Å². The molecule has 0 fully saturated rings. The van der Waals surface area contributed by atoms with Crippen LogP contribution in [-0.2, 0) is 6.61 Å². The van der Waals surface area contributed by atoms with Crippen molar-refractivity contribution in [3.63, 3.8) is 0 Å². The van der Waals surface area contributed by atoms with E-state index >= 15 is 0 Å². The first kappa shape index (κ1) is 12.9. The first-order valence-corrected chi connectivity index (χ1v) is 6.60. The highest BCUT2D eigenvalue weighted by molar-refractivity contribution is 7.09. The highest BCUT2D eigenvalue weighted by Gasteiger charge is 2.11. The Labute approximate surface area is 111 Å². The van der Waals surface area contributed by atoms with Crippen molar-refractivity contribution in [2.45, 2.75) is 19.6 Å². The average molecular weight is 264 g/mol. The van der Waals surface area contributed by atoms with Gasteiger partial charge < -0.3 is 14.6 Å². The molecule has 0 bridgehead atoms. The minimum absolute atomic E-state index is 0.505. The molecular weight excluding hydrogens is 248 g/mol. The Morgan fingerprint density at radius 3 is 2.78 bits per heavy atom. The number of hydrogen-bond acceptors (Lipinski definition) is 4. The number of thiophene rings is 1. The van der Waals surface area contributed by atoms with Gasteiger partial charge in [-0.3, -0.25) is 0 Å². The molecule has 0 amide bonds. The predicted octanol–water partition coefficient (Wildman–Crippen LogP) is 3.39. The van der Waals surface area contributed by atoms with E-state index in [1.807, 2.05) is 29.6 Å². The summed E-state index contributed by atoms with van der Waals surface area (Å²) in [6, 6.07) is 9.46. The molecule has 1 aromatic carbocycles. The van der Waals surface area contributed by atoms with Crippen LogP contribution in [0.1, 0.15) is 23.5 Å². The lowest BCUT2D eigenvalue weighted by atomic mass is 10.1. The van der Waals surface area contributed by atoms with E-state index in [1.54, 1.807) is 31.4 Å². The fraction of sp³-hybridized carbons (Fsp3) is 0.286. The van der Waals surface area contributed by atoms with Crippen LogP contribution in [0.25, 0.3) is 0 Å². The molecule has 0 aliphatic rings. The van der Waals surface area contributed by atoms with Crippen LogP contribution < -0.4 is 9.47 Å². The van der Waals surface area contributed by atoms with Crippen molar-refractivity contribution in [2.75, 3.05) is 7.11 Å². The van der Waals surface area contributed by atoms with Crippen molar-refractivity contribution in [3.05, 3.63) is 46.2 Å². The van der Waals surface area contributed by atoms with Crippen molar-refractivity contribution in [3.8, 4) is 11.5 Å². The van der Waals surface area contributed by atoms with E-state index in [2.05, 4.69) is 0 Å². The highest BCUT2D eigenvalue weighted by atomic mass is 32.1. The van der Waals surface area contributed by atoms with E-state index < -0.39 is 6.10 Å². The number of methoxy groups -OCH3 is 1. The summed E-state index contributed by atoms with van der Waals surface area (Å²) in [5, 5.41) is 11.7. The molecule has 18 heavy (non-hydrogen) atoms. The second-order valence-corrected chi connectivity index (χ2v) is 4.98. The summed E-state index contributed by atoms with van der Waals surface area (Å²) >= 11 is 1.65. The standard InChI is InChI=1S/C14H16O3S/c1-10(15)13-6-5-11(16-2)8-14(13)17-9-12-4-3-7-18-12/h3-8,10,15H,9H2,1-2H3. The molecule has 0 saturated heterocycles. The highest BCUT2D eigenvalue weighted by Crippen LogP contribution is 2.30. The summed E-state index contributed by atoms with van der Waals surface area (Å²) in [4.78, 5) is 1.15. The number of aliphatic hydroxyl groups is 1. The van der Waals surface area contributed by atoms with E-state index in [1.165, 1.54) is 0 Å². The Bertz CT molecular complexity index is 492. The molecule has 0 aliphatic heterocycles.